The molecule has 0 amide bonds. The monoisotopic (exact) mass is 399 g/mol. The first-order valence-corrected chi connectivity index (χ1v) is 9.39. The minimum atomic E-state index is -0.0533. The van der Waals surface area contributed by atoms with Crippen LogP contribution in [-0.2, 0) is 11.4 Å². The van der Waals surface area contributed by atoms with E-state index in [2.05, 4.69) is 15.8 Å². The molecule has 1 atom stereocenters. The van der Waals surface area contributed by atoms with Gasteiger partial charge in [0.2, 0.25) is 6.79 Å². The van der Waals surface area contributed by atoms with Gasteiger partial charge in [-0.15, -0.1) is 0 Å². The van der Waals surface area contributed by atoms with Gasteiger partial charge in [-0.1, -0.05) is 11.2 Å². The maximum Gasteiger partial charge on any atom is 0.231 e. The van der Waals surface area contributed by atoms with Crippen molar-refractivity contribution in [2.24, 2.45) is 5.16 Å². The molecule has 4 rings (SSSR count). The first-order chi connectivity index (χ1) is 13.7. The second kappa shape index (κ2) is 8.35. The molecular formula is C20H21N3O4S. The molecule has 1 unspecified atom stereocenters. The summed E-state index contributed by atoms with van der Waals surface area (Å²) in [6.45, 7) is 1.45. The lowest BCUT2D eigenvalue weighted by molar-refractivity contribution is 0.0885. The quantitative estimate of drug-likeness (QED) is 0.724. The third-order valence-electron chi connectivity index (χ3n) is 4.54. The van der Waals surface area contributed by atoms with Gasteiger partial charge in [0, 0.05) is 13.0 Å². The maximum atomic E-state index is 5.52. The van der Waals surface area contributed by atoms with E-state index < -0.39 is 0 Å². The number of fused-ring (bicyclic) bond motifs is 1. The van der Waals surface area contributed by atoms with E-state index in [9.17, 15) is 0 Å². The van der Waals surface area contributed by atoms with Gasteiger partial charge in [0.15, 0.2) is 16.6 Å². The molecule has 2 heterocycles. The van der Waals surface area contributed by atoms with Crippen molar-refractivity contribution in [3.05, 3.63) is 53.6 Å². The molecule has 0 radical (unpaired) electrons. The van der Waals surface area contributed by atoms with E-state index in [1.165, 1.54) is 0 Å². The van der Waals surface area contributed by atoms with Crippen LogP contribution in [0.25, 0.3) is 0 Å². The molecule has 2 aliphatic rings. The largest absolute Gasteiger partial charge is 0.497 e. The van der Waals surface area contributed by atoms with Gasteiger partial charge < -0.3 is 29.7 Å². The van der Waals surface area contributed by atoms with Gasteiger partial charge in [-0.2, -0.15) is 0 Å². The molecule has 0 saturated heterocycles. The minimum Gasteiger partial charge on any atom is -0.497 e. The SMILES string of the molecule is COc1ccc(C2=NOC(CNC(=S)NCc3ccc4c(c3)OCO4)C2)cc1. The Balaban J connectivity index is 1.20. The van der Waals surface area contributed by atoms with Crippen LogP contribution in [0.4, 0.5) is 0 Å². The third kappa shape index (κ3) is 4.28. The van der Waals surface area contributed by atoms with E-state index in [-0.39, 0.29) is 12.9 Å². The van der Waals surface area contributed by atoms with Crippen molar-refractivity contribution in [2.45, 2.75) is 19.1 Å². The highest BCUT2D eigenvalue weighted by Crippen LogP contribution is 2.32. The summed E-state index contributed by atoms with van der Waals surface area (Å²) in [5, 5.41) is 11.1. The van der Waals surface area contributed by atoms with Crippen LogP contribution in [0, 0.1) is 0 Å². The number of nitrogens with zero attached hydrogens (tertiary/aromatic N) is 1. The minimum absolute atomic E-state index is 0.0533. The normalized spacial score (nSPS) is 16.9. The molecule has 2 aromatic carbocycles. The summed E-state index contributed by atoms with van der Waals surface area (Å²) >= 11 is 5.35. The van der Waals surface area contributed by atoms with Gasteiger partial charge in [0.1, 0.15) is 11.9 Å². The van der Waals surface area contributed by atoms with Crippen LogP contribution in [0.5, 0.6) is 17.2 Å². The van der Waals surface area contributed by atoms with Crippen molar-refractivity contribution >= 4 is 23.0 Å². The highest BCUT2D eigenvalue weighted by Gasteiger charge is 2.22. The zero-order chi connectivity index (χ0) is 19.3. The summed E-state index contributed by atoms with van der Waals surface area (Å²) < 4.78 is 15.9. The van der Waals surface area contributed by atoms with Gasteiger partial charge in [-0.3, -0.25) is 0 Å². The van der Waals surface area contributed by atoms with Crippen LogP contribution in [0.3, 0.4) is 0 Å². The molecule has 0 fully saturated rings. The smallest absolute Gasteiger partial charge is 0.231 e. The van der Waals surface area contributed by atoms with Crippen molar-refractivity contribution in [1.29, 1.82) is 0 Å². The summed E-state index contributed by atoms with van der Waals surface area (Å²) in [6, 6.07) is 13.6. The lowest BCUT2D eigenvalue weighted by atomic mass is 10.0. The highest BCUT2D eigenvalue weighted by atomic mass is 32.1. The predicted octanol–water partition coefficient (Wildman–Crippen LogP) is 2.58. The summed E-state index contributed by atoms with van der Waals surface area (Å²) in [6.07, 6.45) is 0.673. The first-order valence-electron chi connectivity index (χ1n) is 8.98. The first kappa shape index (κ1) is 18.4. The average molecular weight is 399 g/mol. The van der Waals surface area contributed by atoms with Crippen LogP contribution in [0.2, 0.25) is 0 Å². The maximum absolute atomic E-state index is 5.52. The standard InChI is InChI=1S/C20H21N3O4S/c1-24-15-5-3-14(4-6-15)17-9-16(27-23-17)11-22-20(28)21-10-13-2-7-18-19(8-13)26-12-25-18/h2-8,16H,9-12H2,1H3,(H2,21,22,28). The Hall–Kier alpha value is -3.00. The zero-order valence-electron chi connectivity index (χ0n) is 15.4. The van der Waals surface area contributed by atoms with Gasteiger partial charge in [0.05, 0.1) is 19.4 Å². The summed E-state index contributed by atoms with van der Waals surface area (Å²) in [5.74, 6) is 2.36. The Labute approximate surface area is 168 Å². The van der Waals surface area contributed by atoms with Gasteiger partial charge in [-0.25, -0.2) is 0 Å². The number of hydrogen-bond donors (Lipinski definition) is 2. The Morgan fingerprint density at radius 2 is 1.96 bits per heavy atom. The van der Waals surface area contributed by atoms with Crippen molar-refractivity contribution in [3.63, 3.8) is 0 Å². The molecule has 2 N–H and O–H groups in total. The summed E-state index contributed by atoms with van der Waals surface area (Å²) in [4.78, 5) is 5.52. The molecule has 0 aromatic heterocycles. The van der Waals surface area contributed by atoms with Crippen LogP contribution in [0.1, 0.15) is 17.5 Å². The Morgan fingerprint density at radius 3 is 2.79 bits per heavy atom. The lowest BCUT2D eigenvalue weighted by Crippen LogP contribution is -2.39. The van der Waals surface area contributed by atoms with E-state index in [0.717, 1.165) is 40.5 Å². The second-order valence-electron chi connectivity index (χ2n) is 6.45. The number of rotatable bonds is 6. The highest BCUT2D eigenvalue weighted by molar-refractivity contribution is 7.80. The van der Waals surface area contributed by atoms with Crippen molar-refractivity contribution in [2.75, 3.05) is 20.4 Å². The van der Waals surface area contributed by atoms with E-state index in [1.807, 2.05) is 42.5 Å². The molecule has 2 aromatic rings. The number of oxime groups is 1. The number of hydrogen-bond acceptors (Lipinski definition) is 6. The van der Waals surface area contributed by atoms with E-state index in [4.69, 9.17) is 31.3 Å². The van der Waals surface area contributed by atoms with Crippen molar-refractivity contribution in [1.82, 2.24) is 10.6 Å². The zero-order valence-corrected chi connectivity index (χ0v) is 16.3. The Morgan fingerprint density at radius 1 is 1.14 bits per heavy atom. The van der Waals surface area contributed by atoms with Crippen LogP contribution < -0.4 is 24.8 Å². The van der Waals surface area contributed by atoms with Gasteiger partial charge in [0.25, 0.3) is 0 Å². The molecule has 146 valence electrons. The van der Waals surface area contributed by atoms with Crippen LogP contribution in [0.15, 0.2) is 47.6 Å². The number of ether oxygens (including phenoxy) is 3. The Kier molecular flexibility index (Phi) is 5.48. The predicted molar refractivity (Wildman–Crippen MR) is 109 cm³/mol. The summed E-state index contributed by atoms with van der Waals surface area (Å²) in [7, 11) is 1.65. The van der Waals surface area contributed by atoms with Crippen LogP contribution >= 0.6 is 12.2 Å². The Bertz CT molecular complexity index is 886. The lowest BCUT2D eigenvalue weighted by Gasteiger charge is -2.13. The van der Waals surface area contributed by atoms with E-state index in [0.29, 0.717) is 18.2 Å². The summed E-state index contributed by atoms with van der Waals surface area (Å²) in [5.41, 5.74) is 3.02. The molecular weight excluding hydrogens is 378 g/mol. The molecule has 0 spiro atoms. The number of thiocarbonyl (C=S) groups is 1. The molecule has 2 aliphatic heterocycles. The van der Waals surface area contributed by atoms with Crippen molar-refractivity contribution in [3.8, 4) is 17.2 Å². The van der Waals surface area contributed by atoms with Gasteiger partial charge in [-0.05, 0) is 59.7 Å². The second-order valence-corrected chi connectivity index (χ2v) is 6.86. The molecule has 0 saturated carbocycles. The third-order valence-corrected chi connectivity index (χ3v) is 4.83. The van der Waals surface area contributed by atoms with Crippen LogP contribution in [-0.4, -0.2) is 37.4 Å². The fourth-order valence-corrected chi connectivity index (χ4v) is 3.15. The molecule has 7 nitrogen and oxygen atoms in total. The molecule has 0 aliphatic carbocycles. The molecule has 8 heteroatoms. The fraction of sp³-hybridized carbons (Fsp3) is 0.300. The van der Waals surface area contributed by atoms with E-state index in [1.54, 1.807) is 7.11 Å². The van der Waals surface area contributed by atoms with Crippen molar-refractivity contribution < 1.29 is 19.0 Å². The fourth-order valence-electron chi connectivity index (χ4n) is 2.99. The number of nitrogens with one attached hydrogen (secondary N) is 2. The molecule has 28 heavy (non-hydrogen) atoms. The van der Waals surface area contributed by atoms with Gasteiger partial charge >= 0.3 is 0 Å². The van der Waals surface area contributed by atoms with E-state index >= 15 is 0 Å². The average Bonchev–Trinajstić information content (AvgIpc) is 3.39. The topological polar surface area (TPSA) is 73.3 Å². The number of benzene rings is 2. The number of methoxy groups -OCH3 is 1. The molecule has 0 bridgehead atoms.